The van der Waals surface area contributed by atoms with Crippen molar-refractivity contribution >= 4 is 16.7 Å². The first-order chi connectivity index (χ1) is 18.1. The van der Waals surface area contributed by atoms with Gasteiger partial charge in [-0.1, -0.05) is 73.4 Å². The zero-order chi connectivity index (χ0) is 26.3. The maximum absolute atomic E-state index is 12.8. The van der Waals surface area contributed by atoms with Crippen molar-refractivity contribution < 1.29 is 23.7 Å². The van der Waals surface area contributed by atoms with Crippen LogP contribution in [-0.4, -0.2) is 32.9 Å². The predicted octanol–water partition coefficient (Wildman–Crippen LogP) is 6.80. The number of methoxy groups -OCH3 is 2. The van der Waals surface area contributed by atoms with Crippen molar-refractivity contribution in [2.24, 2.45) is 0 Å². The molecular weight excluding hydrogens is 464 g/mol. The van der Waals surface area contributed by atoms with E-state index in [1.54, 1.807) is 13.2 Å². The molecule has 5 heteroatoms. The van der Waals surface area contributed by atoms with E-state index in [1.165, 1.54) is 7.11 Å². The van der Waals surface area contributed by atoms with Crippen molar-refractivity contribution in [3.05, 3.63) is 90.0 Å². The average molecular weight is 501 g/mol. The third kappa shape index (κ3) is 9.09. The van der Waals surface area contributed by atoms with Gasteiger partial charge >= 0.3 is 5.97 Å². The highest BCUT2D eigenvalue weighted by Gasteiger charge is 2.24. The van der Waals surface area contributed by atoms with Crippen LogP contribution in [0.2, 0.25) is 0 Å². The third-order valence-corrected chi connectivity index (χ3v) is 6.08. The second kappa shape index (κ2) is 15.5. The number of carbonyl (C=O) groups excluding carboxylic acids is 1. The number of unbranched alkanes of at least 4 members (excludes halogenated alkanes) is 4. The van der Waals surface area contributed by atoms with E-state index in [0.29, 0.717) is 6.61 Å². The summed E-state index contributed by atoms with van der Waals surface area (Å²) in [5.74, 6) is 2.88. The Balaban J connectivity index is 1.32. The number of fused-ring (bicyclic) bond motifs is 1. The monoisotopic (exact) mass is 500 g/mol. The molecule has 0 spiro atoms. The first-order valence-electron chi connectivity index (χ1n) is 12.7. The molecule has 0 radical (unpaired) electrons. The number of rotatable bonds is 15. The second-order valence-electron chi connectivity index (χ2n) is 8.78. The van der Waals surface area contributed by atoms with E-state index in [0.717, 1.165) is 66.4 Å². The van der Waals surface area contributed by atoms with Crippen LogP contribution in [0.1, 0.15) is 49.3 Å². The molecule has 3 aromatic carbocycles. The van der Waals surface area contributed by atoms with Crippen LogP contribution < -0.4 is 4.74 Å². The van der Waals surface area contributed by atoms with Crippen LogP contribution in [0, 0.1) is 12.3 Å². The molecule has 0 amide bonds. The van der Waals surface area contributed by atoms with Gasteiger partial charge in [-0.25, -0.2) is 4.79 Å². The van der Waals surface area contributed by atoms with Crippen LogP contribution in [0.3, 0.4) is 0 Å². The molecule has 0 fully saturated rings. The van der Waals surface area contributed by atoms with Gasteiger partial charge in [0.25, 0.3) is 0 Å². The molecule has 0 saturated carbocycles. The molecule has 37 heavy (non-hydrogen) atoms. The van der Waals surface area contributed by atoms with Crippen LogP contribution in [0.4, 0.5) is 0 Å². The molecule has 2 atom stereocenters. The standard InChI is InChI=1S/C32H36O5/c1-4-29(37-32(33)31(35-3)28-19-18-26-13-10-11-14-27(26)23-28)15-9-7-5-6-8-12-22-36-24-25-16-20-30(34-2)21-17-25/h1,9-11,13-21,23,29,31H,5-8,12,22,24H2,2-3H3/b15-9+/t29-,31-/m0/s1. The first kappa shape index (κ1) is 28.0. The van der Waals surface area contributed by atoms with Crippen LogP contribution in [0.25, 0.3) is 10.8 Å². The summed E-state index contributed by atoms with van der Waals surface area (Å²) in [6, 6.07) is 21.7. The van der Waals surface area contributed by atoms with Gasteiger partial charge in [0.05, 0.1) is 13.7 Å². The highest BCUT2D eigenvalue weighted by molar-refractivity contribution is 5.85. The lowest BCUT2D eigenvalue weighted by Crippen LogP contribution is -2.22. The third-order valence-electron chi connectivity index (χ3n) is 6.08. The highest BCUT2D eigenvalue weighted by Crippen LogP contribution is 2.24. The fraction of sp³-hybridized carbons (Fsp3) is 0.344. The van der Waals surface area contributed by atoms with Gasteiger partial charge in [0, 0.05) is 13.7 Å². The van der Waals surface area contributed by atoms with Gasteiger partial charge < -0.3 is 18.9 Å². The normalized spacial score (nSPS) is 12.8. The highest BCUT2D eigenvalue weighted by atomic mass is 16.6. The van der Waals surface area contributed by atoms with Gasteiger partial charge in [-0.15, -0.1) is 6.42 Å². The summed E-state index contributed by atoms with van der Waals surface area (Å²) in [4.78, 5) is 12.8. The minimum atomic E-state index is -0.833. The smallest absolute Gasteiger partial charge is 0.341 e. The molecule has 0 bridgehead atoms. The van der Waals surface area contributed by atoms with Crippen molar-refractivity contribution in [2.45, 2.75) is 50.9 Å². The summed E-state index contributed by atoms with van der Waals surface area (Å²) in [7, 11) is 3.15. The molecule has 194 valence electrons. The molecule has 3 aromatic rings. The van der Waals surface area contributed by atoms with E-state index in [2.05, 4.69) is 5.92 Å². The Morgan fingerprint density at radius 1 is 0.946 bits per heavy atom. The minimum absolute atomic E-state index is 0.500. The number of hydrogen-bond acceptors (Lipinski definition) is 5. The summed E-state index contributed by atoms with van der Waals surface area (Å²) in [6.45, 7) is 1.36. The van der Waals surface area contributed by atoms with Gasteiger partial charge in [0.15, 0.2) is 12.2 Å². The first-order valence-corrected chi connectivity index (χ1v) is 12.7. The fourth-order valence-corrected chi connectivity index (χ4v) is 4.01. The van der Waals surface area contributed by atoms with Crippen molar-refractivity contribution in [1.82, 2.24) is 0 Å². The molecule has 0 unspecified atom stereocenters. The Labute approximate surface area is 220 Å². The van der Waals surface area contributed by atoms with Gasteiger partial charge in [0.2, 0.25) is 0 Å². The van der Waals surface area contributed by atoms with E-state index < -0.39 is 18.2 Å². The van der Waals surface area contributed by atoms with Crippen LogP contribution in [0.5, 0.6) is 5.75 Å². The fourth-order valence-electron chi connectivity index (χ4n) is 4.01. The Bertz CT molecular complexity index is 1180. The number of esters is 1. The molecule has 0 saturated heterocycles. The SMILES string of the molecule is C#C[C@@H](/C=C/CCCCCCOCc1ccc(OC)cc1)OC(=O)[C@@H](OC)c1ccc2ccccc2c1. The summed E-state index contributed by atoms with van der Waals surface area (Å²) < 4.78 is 21.9. The lowest BCUT2D eigenvalue weighted by atomic mass is 10.0. The molecule has 3 rings (SSSR count). The molecular formula is C32H36O5. The number of ether oxygens (including phenoxy) is 4. The molecule has 0 aliphatic rings. The molecule has 0 heterocycles. The van der Waals surface area contributed by atoms with Crippen molar-refractivity contribution in [3.63, 3.8) is 0 Å². The average Bonchev–Trinajstić information content (AvgIpc) is 2.94. The van der Waals surface area contributed by atoms with E-state index in [4.69, 9.17) is 25.4 Å². The maximum atomic E-state index is 12.8. The second-order valence-corrected chi connectivity index (χ2v) is 8.78. The van der Waals surface area contributed by atoms with E-state index in [9.17, 15) is 4.79 Å². The van der Waals surface area contributed by atoms with Crippen molar-refractivity contribution in [2.75, 3.05) is 20.8 Å². The Morgan fingerprint density at radius 3 is 2.43 bits per heavy atom. The van der Waals surface area contributed by atoms with Gasteiger partial charge in [-0.2, -0.15) is 0 Å². The summed E-state index contributed by atoms with van der Waals surface area (Å²) >= 11 is 0. The number of hydrogen-bond donors (Lipinski definition) is 0. The lowest BCUT2D eigenvalue weighted by molar-refractivity contribution is -0.157. The number of allylic oxidation sites excluding steroid dienone is 1. The van der Waals surface area contributed by atoms with Crippen LogP contribution in [0.15, 0.2) is 78.9 Å². The largest absolute Gasteiger partial charge is 0.497 e. The molecule has 5 nitrogen and oxygen atoms in total. The number of terminal acetylenes is 1. The van der Waals surface area contributed by atoms with Gasteiger partial charge in [-0.3, -0.25) is 0 Å². The Hall–Kier alpha value is -3.59. The minimum Gasteiger partial charge on any atom is -0.497 e. The predicted molar refractivity (Wildman–Crippen MR) is 147 cm³/mol. The zero-order valence-electron chi connectivity index (χ0n) is 21.7. The van der Waals surface area contributed by atoms with Crippen LogP contribution >= 0.6 is 0 Å². The molecule has 0 N–H and O–H groups in total. The van der Waals surface area contributed by atoms with Gasteiger partial charge in [0.1, 0.15) is 5.75 Å². The summed E-state index contributed by atoms with van der Waals surface area (Å²) in [6.07, 6.45) is 12.9. The van der Waals surface area contributed by atoms with E-state index >= 15 is 0 Å². The van der Waals surface area contributed by atoms with Crippen molar-refractivity contribution in [1.29, 1.82) is 0 Å². The number of carbonyl (C=O) groups is 1. The van der Waals surface area contributed by atoms with Gasteiger partial charge in [-0.05, 0) is 65.4 Å². The topological polar surface area (TPSA) is 54.0 Å². The lowest BCUT2D eigenvalue weighted by Gasteiger charge is -2.17. The Kier molecular flexibility index (Phi) is 11.7. The van der Waals surface area contributed by atoms with Crippen LogP contribution in [-0.2, 0) is 25.6 Å². The molecule has 0 aliphatic carbocycles. The van der Waals surface area contributed by atoms with E-state index in [-0.39, 0.29) is 0 Å². The van der Waals surface area contributed by atoms with E-state index in [1.807, 2.05) is 72.8 Å². The zero-order valence-corrected chi connectivity index (χ0v) is 21.7. The Morgan fingerprint density at radius 2 is 1.70 bits per heavy atom. The number of benzene rings is 3. The van der Waals surface area contributed by atoms with Crippen molar-refractivity contribution in [3.8, 4) is 18.1 Å². The molecule has 0 aromatic heterocycles. The summed E-state index contributed by atoms with van der Waals surface area (Å²) in [5, 5.41) is 2.13. The quantitative estimate of drug-likeness (QED) is 0.0994. The summed E-state index contributed by atoms with van der Waals surface area (Å²) in [5.41, 5.74) is 1.88. The maximum Gasteiger partial charge on any atom is 0.341 e. The molecule has 0 aliphatic heterocycles.